The topological polar surface area (TPSA) is 90.9 Å². The van der Waals surface area contributed by atoms with Crippen molar-refractivity contribution >= 4 is 17.7 Å². The molecule has 1 aromatic carbocycles. The van der Waals surface area contributed by atoms with Crippen molar-refractivity contribution in [3.63, 3.8) is 0 Å². The lowest BCUT2D eigenvalue weighted by Gasteiger charge is -2.23. The van der Waals surface area contributed by atoms with Crippen LogP contribution in [-0.4, -0.2) is 42.5 Å². The van der Waals surface area contributed by atoms with Crippen LogP contribution in [0.5, 0.6) is 11.5 Å². The average Bonchev–Trinajstić information content (AvgIpc) is 2.82. The quantitative estimate of drug-likeness (QED) is 0.605. The third-order valence-corrected chi connectivity index (χ3v) is 3.80. The Morgan fingerprint density at radius 2 is 1.78 bits per heavy atom. The van der Waals surface area contributed by atoms with Crippen molar-refractivity contribution in [3.05, 3.63) is 23.8 Å². The van der Waals surface area contributed by atoms with E-state index in [4.69, 9.17) is 14.2 Å². The first kappa shape index (κ1) is 20.7. The van der Waals surface area contributed by atoms with Crippen molar-refractivity contribution in [2.75, 3.05) is 13.2 Å². The Morgan fingerprint density at radius 1 is 1.11 bits per heavy atom. The maximum Gasteiger partial charge on any atom is 0.307 e. The molecule has 1 atom stereocenters. The molecule has 0 saturated carbocycles. The van der Waals surface area contributed by atoms with Gasteiger partial charge in [0.2, 0.25) is 0 Å². The second kappa shape index (κ2) is 8.88. The molecule has 0 aromatic heterocycles. The molecule has 1 unspecified atom stereocenters. The van der Waals surface area contributed by atoms with Gasteiger partial charge in [-0.2, -0.15) is 0 Å². The lowest BCUT2D eigenvalue weighted by Crippen LogP contribution is -2.46. The van der Waals surface area contributed by atoms with Crippen LogP contribution in [0, 0.1) is 0 Å². The number of Topliss-reactive ketones (excluding diaryl/α,β-unsaturated/α-hetero) is 1. The highest BCUT2D eigenvalue weighted by Crippen LogP contribution is 2.30. The van der Waals surface area contributed by atoms with Gasteiger partial charge in [0.15, 0.2) is 23.4 Å². The van der Waals surface area contributed by atoms with Gasteiger partial charge < -0.3 is 19.5 Å². The van der Waals surface area contributed by atoms with E-state index < -0.39 is 17.6 Å². The van der Waals surface area contributed by atoms with Crippen LogP contribution in [0.1, 0.15) is 57.3 Å². The van der Waals surface area contributed by atoms with Gasteiger partial charge in [0.05, 0.1) is 19.6 Å². The minimum atomic E-state index is -0.912. The molecular weight excluding hydrogens is 350 g/mol. The Kier molecular flexibility index (Phi) is 6.82. The number of hydrogen-bond donors (Lipinski definition) is 1. The summed E-state index contributed by atoms with van der Waals surface area (Å²) in [5.41, 5.74) is 0.0377. The van der Waals surface area contributed by atoms with E-state index in [-0.39, 0.29) is 24.5 Å². The number of ketones is 1. The number of benzene rings is 1. The molecule has 1 aliphatic heterocycles. The molecule has 2 rings (SSSR count). The molecule has 1 amide bonds. The van der Waals surface area contributed by atoms with E-state index >= 15 is 0 Å². The van der Waals surface area contributed by atoms with Crippen molar-refractivity contribution < 1.29 is 28.6 Å². The Bertz CT molecular complexity index is 707. The number of fused-ring (bicyclic) bond motifs is 1. The molecular formula is C20H27NO6. The fourth-order valence-electron chi connectivity index (χ4n) is 2.48. The number of rotatable bonds is 6. The number of carbonyl (C=O) groups is 3. The molecule has 0 bridgehead atoms. The minimum Gasteiger partial charge on any atom is -0.490 e. The summed E-state index contributed by atoms with van der Waals surface area (Å²) < 4.78 is 16.2. The third kappa shape index (κ3) is 6.58. The second-order valence-electron chi connectivity index (χ2n) is 7.51. The number of amides is 1. The van der Waals surface area contributed by atoms with Crippen LogP contribution in [0.3, 0.4) is 0 Å². The molecule has 0 spiro atoms. The largest absolute Gasteiger partial charge is 0.490 e. The van der Waals surface area contributed by atoms with Crippen LogP contribution in [0.15, 0.2) is 18.2 Å². The SMILES string of the molecule is CC(OC(=O)CCC(=O)c1ccc2c(c1)OCCCO2)C(=O)NC(C)(C)C. The van der Waals surface area contributed by atoms with E-state index in [9.17, 15) is 14.4 Å². The Balaban J connectivity index is 1.85. The van der Waals surface area contributed by atoms with Crippen molar-refractivity contribution in [2.45, 2.75) is 58.6 Å². The molecule has 1 heterocycles. The van der Waals surface area contributed by atoms with Gasteiger partial charge in [0.25, 0.3) is 5.91 Å². The highest BCUT2D eigenvalue weighted by molar-refractivity contribution is 5.98. The zero-order valence-corrected chi connectivity index (χ0v) is 16.3. The summed E-state index contributed by atoms with van der Waals surface area (Å²) in [5.74, 6) is -0.00994. The summed E-state index contributed by atoms with van der Waals surface area (Å²) >= 11 is 0. The Morgan fingerprint density at radius 3 is 2.44 bits per heavy atom. The van der Waals surface area contributed by atoms with Crippen molar-refractivity contribution in [2.24, 2.45) is 0 Å². The summed E-state index contributed by atoms with van der Waals surface area (Å²) in [6.07, 6.45) is -0.234. The van der Waals surface area contributed by atoms with E-state index in [1.165, 1.54) is 6.92 Å². The van der Waals surface area contributed by atoms with Gasteiger partial charge in [-0.25, -0.2) is 0 Å². The van der Waals surface area contributed by atoms with Gasteiger partial charge in [0, 0.05) is 23.9 Å². The average molecular weight is 377 g/mol. The molecule has 0 saturated heterocycles. The highest BCUT2D eigenvalue weighted by atomic mass is 16.5. The number of hydrogen-bond acceptors (Lipinski definition) is 6. The van der Waals surface area contributed by atoms with Crippen LogP contribution >= 0.6 is 0 Å². The number of esters is 1. The van der Waals surface area contributed by atoms with Crippen LogP contribution < -0.4 is 14.8 Å². The first-order valence-electron chi connectivity index (χ1n) is 9.10. The summed E-state index contributed by atoms with van der Waals surface area (Å²) in [6, 6.07) is 4.99. The zero-order chi connectivity index (χ0) is 20.0. The monoisotopic (exact) mass is 377 g/mol. The Labute approximate surface area is 159 Å². The number of nitrogens with one attached hydrogen (secondary N) is 1. The van der Waals surface area contributed by atoms with Gasteiger partial charge >= 0.3 is 5.97 Å². The molecule has 1 aliphatic rings. The van der Waals surface area contributed by atoms with E-state index in [1.807, 2.05) is 20.8 Å². The van der Waals surface area contributed by atoms with Crippen molar-refractivity contribution in [1.29, 1.82) is 0 Å². The van der Waals surface area contributed by atoms with Gasteiger partial charge in [0.1, 0.15) is 0 Å². The van der Waals surface area contributed by atoms with Crippen molar-refractivity contribution in [1.82, 2.24) is 5.32 Å². The van der Waals surface area contributed by atoms with E-state index in [2.05, 4.69) is 5.32 Å². The lowest BCUT2D eigenvalue weighted by molar-refractivity contribution is -0.155. The van der Waals surface area contributed by atoms with Gasteiger partial charge in [-0.3, -0.25) is 14.4 Å². The second-order valence-corrected chi connectivity index (χ2v) is 7.51. The first-order chi connectivity index (χ1) is 12.7. The minimum absolute atomic E-state index is 0.00785. The number of carbonyl (C=O) groups excluding carboxylic acids is 3. The highest BCUT2D eigenvalue weighted by Gasteiger charge is 2.23. The molecule has 27 heavy (non-hydrogen) atoms. The standard InChI is InChI=1S/C20H27NO6/c1-13(19(24)21-20(2,3)4)27-18(23)9-7-15(22)14-6-8-16-17(12-14)26-11-5-10-25-16/h6,8,12-13H,5,7,9-11H2,1-4H3,(H,21,24). The summed E-state index contributed by atoms with van der Waals surface area (Å²) in [6.45, 7) is 8.14. The maximum absolute atomic E-state index is 12.3. The predicted octanol–water partition coefficient (Wildman–Crippen LogP) is 2.66. The van der Waals surface area contributed by atoms with Gasteiger partial charge in [-0.15, -0.1) is 0 Å². The van der Waals surface area contributed by atoms with Crippen molar-refractivity contribution in [3.8, 4) is 11.5 Å². The molecule has 7 heteroatoms. The summed E-state index contributed by atoms with van der Waals surface area (Å²) in [7, 11) is 0. The maximum atomic E-state index is 12.3. The molecule has 1 aromatic rings. The van der Waals surface area contributed by atoms with E-state index in [0.717, 1.165) is 6.42 Å². The van der Waals surface area contributed by atoms with Crippen LogP contribution in [0.2, 0.25) is 0 Å². The Hall–Kier alpha value is -2.57. The summed E-state index contributed by atoms with van der Waals surface area (Å²) in [5, 5.41) is 2.74. The molecule has 0 fully saturated rings. The molecule has 7 nitrogen and oxygen atoms in total. The first-order valence-corrected chi connectivity index (χ1v) is 9.10. The third-order valence-electron chi connectivity index (χ3n) is 3.80. The van der Waals surface area contributed by atoms with Gasteiger partial charge in [-0.05, 0) is 45.9 Å². The number of ether oxygens (including phenoxy) is 3. The zero-order valence-electron chi connectivity index (χ0n) is 16.3. The molecule has 1 N–H and O–H groups in total. The van der Waals surface area contributed by atoms with Gasteiger partial charge in [-0.1, -0.05) is 0 Å². The predicted molar refractivity (Wildman–Crippen MR) is 99.1 cm³/mol. The fraction of sp³-hybridized carbons (Fsp3) is 0.550. The molecule has 0 aliphatic carbocycles. The van der Waals surface area contributed by atoms with E-state index in [0.29, 0.717) is 30.3 Å². The fourth-order valence-corrected chi connectivity index (χ4v) is 2.48. The lowest BCUT2D eigenvalue weighted by atomic mass is 10.1. The summed E-state index contributed by atoms with van der Waals surface area (Å²) in [4.78, 5) is 36.2. The normalized spacial score (nSPS) is 14.7. The smallest absolute Gasteiger partial charge is 0.307 e. The van der Waals surface area contributed by atoms with Crippen LogP contribution in [0.4, 0.5) is 0 Å². The molecule has 148 valence electrons. The van der Waals surface area contributed by atoms with Crippen LogP contribution in [0.25, 0.3) is 0 Å². The van der Waals surface area contributed by atoms with E-state index in [1.54, 1.807) is 18.2 Å². The molecule has 0 radical (unpaired) electrons. The van der Waals surface area contributed by atoms with Crippen LogP contribution in [-0.2, 0) is 14.3 Å².